The highest BCUT2D eigenvalue weighted by Crippen LogP contribution is 2.46. The second-order valence-electron chi connectivity index (χ2n) is 11.6. The van der Waals surface area contributed by atoms with E-state index in [1.807, 2.05) is 0 Å². The summed E-state index contributed by atoms with van der Waals surface area (Å²) in [7, 11) is 2.83. The minimum atomic E-state index is -1.05. The Morgan fingerprint density at radius 3 is 2.15 bits per heavy atom. The van der Waals surface area contributed by atoms with Crippen LogP contribution in [0.5, 0.6) is 5.75 Å². The number of benzene rings is 3. The molecule has 0 aliphatic carbocycles. The Hall–Kier alpha value is -3.82. The van der Waals surface area contributed by atoms with Crippen LogP contribution in [0, 0.1) is 0 Å². The Bertz CT molecular complexity index is 1370. The Kier molecular flexibility index (Phi) is 7.73. The van der Waals surface area contributed by atoms with Crippen LogP contribution in [0.2, 0.25) is 0 Å². The van der Waals surface area contributed by atoms with Gasteiger partial charge in [0.05, 0.1) is 13.1 Å². The normalized spacial score (nSPS) is 19.4. The molecule has 3 aliphatic heterocycles. The predicted octanol–water partition coefficient (Wildman–Crippen LogP) is 2.98. The van der Waals surface area contributed by atoms with Gasteiger partial charge in [-0.3, -0.25) is 19.4 Å². The number of piperidine rings is 1. The van der Waals surface area contributed by atoms with Gasteiger partial charge < -0.3 is 18.9 Å². The van der Waals surface area contributed by atoms with Crippen LogP contribution < -0.4 is 15.1 Å². The lowest BCUT2D eigenvalue weighted by Crippen LogP contribution is -2.47. The minimum absolute atomic E-state index is 0.0388. The van der Waals surface area contributed by atoms with Crippen molar-refractivity contribution in [3.63, 3.8) is 0 Å². The minimum Gasteiger partial charge on any atom is -0.494 e. The Morgan fingerprint density at radius 1 is 0.829 bits per heavy atom. The molecule has 2 saturated heterocycles. The third-order valence-electron chi connectivity index (χ3n) is 8.50. The summed E-state index contributed by atoms with van der Waals surface area (Å²) in [5.74, 6) is -0.196. The van der Waals surface area contributed by atoms with Gasteiger partial charge >= 0.3 is 19.1 Å². The number of hydrogen-bond acceptors (Lipinski definition) is 8. The number of para-hydroxylation sites is 1. The van der Waals surface area contributed by atoms with Crippen LogP contribution in [0.15, 0.2) is 72.8 Å². The second kappa shape index (κ2) is 11.6. The van der Waals surface area contributed by atoms with Gasteiger partial charge in [-0.2, -0.15) is 0 Å². The molecule has 0 bridgehead atoms. The molecule has 212 valence electrons. The van der Waals surface area contributed by atoms with Crippen LogP contribution in [0.3, 0.4) is 0 Å². The molecule has 0 aromatic heterocycles. The van der Waals surface area contributed by atoms with Crippen LogP contribution in [-0.4, -0.2) is 75.7 Å². The Labute approximate surface area is 241 Å². The van der Waals surface area contributed by atoms with Crippen molar-refractivity contribution in [2.75, 3.05) is 51.7 Å². The molecule has 0 atom stereocenters. The van der Waals surface area contributed by atoms with Gasteiger partial charge in [-0.15, -0.1) is 0 Å². The fourth-order valence-corrected chi connectivity index (χ4v) is 6.30. The van der Waals surface area contributed by atoms with Crippen LogP contribution >= 0.6 is 0 Å². The van der Waals surface area contributed by atoms with Crippen molar-refractivity contribution in [1.29, 1.82) is 0 Å². The first-order valence-corrected chi connectivity index (χ1v) is 14.3. The van der Waals surface area contributed by atoms with Gasteiger partial charge in [0.1, 0.15) is 12.4 Å². The molecule has 3 aromatic rings. The average molecular weight is 553 g/mol. The molecule has 6 rings (SSSR count). The summed E-state index contributed by atoms with van der Waals surface area (Å²) in [6.07, 6.45) is 2.39. The second-order valence-corrected chi connectivity index (χ2v) is 11.6. The zero-order chi connectivity index (χ0) is 28.4. The highest BCUT2D eigenvalue weighted by molar-refractivity contribution is 6.64. The predicted molar refractivity (Wildman–Crippen MR) is 158 cm³/mol. The van der Waals surface area contributed by atoms with Crippen molar-refractivity contribution in [1.82, 2.24) is 9.80 Å². The first kappa shape index (κ1) is 27.4. The molecular weight excluding hydrogens is 517 g/mol. The maximum atomic E-state index is 12.0. The fraction of sp³-hybridized carbons (Fsp3) is 0.375. The van der Waals surface area contributed by atoms with Gasteiger partial charge in [-0.05, 0) is 67.9 Å². The van der Waals surface area contributed by atoms with Gasteiger partial charge in [-0.1, -0.05) is 54.6 Å². The van der Waals surface area contributed by atoms with E-state index in [9.17, 15) is 9.59 Å². The summed E-state index contributed by atoms with van der Waals surface area (Å²) in [6.45, 7) is 4.82. The first-order valence-electron chi connectivity index (χ1n) is 14.3. The highest BCUT2D eigenvalue weighted by Gasteiger charge is 2.43. The number of ether oxygens (including phenoxy) is 1. The maximum Gasteiger partial charge on any atom is 0.636 e. The zero-order valence-corrected chi connectivity index (χ0v) is 23.8. The van der Waals surface area contributed by atoms with Crippen molar-refractivity contribution >= 4 is 30.2 Å². The first-order chi connectivity index (χ1) is 19.9. The summed E-state index contributed by atoms with van der Waals surface area (Å²) in [5, 5.41) is 0. The molecule has 3 aliphatic rings. The lowest BCUT2D eigenvalue weighted by Gasteiger charge is -2.40. The number of carbonyl (C=O) groups excluding carboxylic acids is 2. The van der Waals surface area contributed by atoms with Crippen molar-refractivity contribution in [2.24, 2.45) is 0 Å². The molecular formula is C32H36BN3O5. The van der Waals surface area contributed by atoms with E-state index in [4.69, 9.17) is 14.0 Å². The molecule has 41 heavy (non-hydrogen) atoms. The van der Waals surface area contributed by atoms with Crippen molar-refractivity contribution < 1.29 is 23.6 Å². The molecule has 0 radical (unpaired) electrons. The van der Waals surface area contributed by atoms with E-state index in [-0.39, 0.29) is 13.1 Å². The third kappa shape index (κ3) is 6.11. The number of fused-ring (bicyclic) bond motifs is 2. The molecule has 0 N–H and O–H groups in total. The molecule has 0 amide bonds. The summed E-state index contributed by atoms with van der Waals surface area (Å²) in [4.78, 5) is 30.6. The lowest BCUT2D eigenvalue weighted by atomic mass is 9.74. The monoisotopic (exact) mass is 553 g/mol. The molecule has 3 heterocycles. The van der Waals surface area contributed by atoms with Crippen LogP contribution in [0.1, 0.15) is 29.5 Å². The van der Waals surface area contributed by atoms with E-state index in [2.05, 4.69) is 65.4 Å². The summed E-state index contributed by atoms with van der Waals surface area (Å²) in [6, 6.07) is 24.6. The lowest BCUT2D eigenvalue weighted by molar-refractivity contribution is -0.145. The quantitative estimate of drug-likeness (QED) is 0.432. The SMILES string of the molecule is CN1CC(=O)OB(c2ccc(OCc3ccc(CN4CCC5(CC4)CN(C)c4ccccc45)cc3)cc2)OC(=O)C1. The molecule has 8 nitrogen and oxygen atoms in total. The summed E-state index contributed by atoms with van der Waals surface area (Å²) >= 11 is 0. The van der Waals surface area contributed by atoms with E-state index in [0.717, 1.165) is 31.7 Å². The summed E-state index contributed by atoms with van der Waals surface area (Å²) < 4.78 is 16.6. The van der Waals surface area contributed by atoms with Gasteiger partial charge in [0.2, 0.25) is 0 Å². The molecule has 0 saturated carbocycles. The molecule has 9 heteroatoms. The zero-order valence-electron chi connectivity index (χ0n) is 23.8. The number of anilines is 1. The molecule has 1 spiro atoms. The Balaban J connectivity index is 0.989. The molecule has 2 fully saturated rings. The van der Waals surface area contributed by atoms with E-state index >= 15 is 0 Å². The smallest absolute Gasteiger partial charge is 0.494 e. The number of hydrogen-bond donors (Lipinski definition) is 0. The number of carbonyl (C=O) groups is 2. The van der Waals surface area contributed by atoms with Gasteiger partial charge in [0.25, 0.3) is 0 Å². The largest absolute Gasteiger partial charge is 0.636 e. The fourth-order valence-electron chi connectivity index (χ4n) is 6.30. The van der Waals surface area contributed by atoms with Crippen molar-refractivity contribution in [3.05, 3.63) is 89.5 Å². The number of likely N-dealkylation sites (tertiary alicyclic amines) is 1. The standard InChI is InChI=1S/C32H36BN3O5/c1-34-20-30(37)40-33(41-31(38)21-34)26-11-13-27(14-12-26)39-22-25-9-7-24(8-10-25)19-36-17-15-32(16-18-36)23-35(2)29-6-4-3-5-28(29)32/h3-14H,15-23H2,1-2H3. The van der Waals surface area contributed by atoms with E-state index in [0.29, 0.717) is 23.2 Å². The average Bonchev–Trinajstić information content (AvgIpc) is 3.24. The highest BCUT2D eigenvalue weighted by atomic mass is 16.6. The van der Waals surface area contributed by atoms with Gasteiger partial charge in [-0.25, -0.2) is 0 Å². The van der Waals surface area contributed by atoms with Crippen LogP contribution in [-0.2, 0) is 37.5 Å². The van der Waals surface area contributed by atoms with Crippen LogP contribution in [0.25, 0.3) is 0 Å². The topological polar surface area (TPSA) is 71.6 Å². The van der Waals surface area contributed by atoms with Crippen molar-refractivity contribution in [2.45, 2.75) is 31.4 Å². The van der Waals surface area contributed by atoms with Crippen LogP contribution in [0.4, 0.5) is 5.69 Å². The van der Waals surface area contributed by atoms with Gasteiger partial charge in [0, 0.05) is 36.7 Å². The number of likely N-dealkylation sites (N-methyl/N-ethyl adjacent to an activating group) is 2. The van der Waals surface area contributed by atoms with E-state index < -0.39 is 19.1 Å². The van der Waals surface area contributed by atoms with Crippen molar-refractivity contribution in [3.8, 4) is 5.75 Å². The number of rotatable bonds is 6. The van der Waals surface area contributed by atoms with E-state index in [1.54, 1.807) is 36.2 Å². The summed E-state index contributed by atoms with van der Waals surface area (Å²) in [5.41, 5.74) is 6.21. The number of nitrogens with zero attached hydrogens (tertiary/aromatic N) is 3. The maximum absolute atomic E-state index is 12.0. The van der Waals surface area contributed by atoms with Gasteiger partial charge in [0.15, 0.2) is 0 Å². The Morgan fingerprint density at radius 2 is 1.46 bits per heavy atom. The van der Waals surface area contributed by atoms with E-state index in [1.165, 1.54) is 29.7 Å². The third-order valence-corrected chi connectivity index (χ3v) is 8.50. The molecule has 3 aromatic carbocycles. The molecule has 0 unspecified atom stereocenters.